The Morgan fingerprint density at radius 3 is 1.63 bits per heavy atom. The lowest BCUT2D eigenvalue weighted by atomic mass is 9.94. The van der Waals surface area contributed by atoms with Gasteiger partial charge in [-0.2, -0.15) is 0 Å². The fraction of sp³-hybridized carbons (Fsp3) is 0. The maximum atomic E-state index is 5.34. The van der Waals surface area contributed by atoms with Gasteiger partial charge in [0.05, 0.1) is 11.4 Å². The first-order valence-corrected chi connectivity index (χ1v) is 18.2. The Hall–Kier alpha value is -7.23. The maximum Gasteiger partial charge on any atom is 0.160 e. The van der Waals surface area contributed by atoms with Crippen LogP contribution < -0.4 is 0 Å². The third kappa shape index (κ3) is 5.78. The number of hydrogen-bond acceptors (Lipinski definition) is 3. The van der Waals surface area contributed by atoms with Crippen LogP contribution >= 0.6 is 0 Å². The van der Waals surface area contributed by atoms with E-state index in [1.807, 2.05) is 12.3 Å². The molecule has 3 nitrogen and oxygen atoms in total. The van der Waals surface area contributed by atoms with Gasteiger partial charge in [-0.25, -0.2) is 9.97 Å². The highest BCUT2D eigenvalue weighted by molar-refractivity contribution is 6.13. The number of rotatable bonds is 6. The number of pyridine rings is 1. The van der Waals surface area contributed by atoms with E-state index in [1.54, 1.807) is 6.20 Å². The number of benzene rings is 8. The van der Waals surface area contributed by atoms with Crippen molar-refractivity contribution >= 4 is 32.3 Å². The summed E-state index contributed by atoms with van der Waals surface area (Å²) in [6.07, 6.45) is 3.70. The molecule has 0 aliphatic rings. The van der Waals surface area contributed by atoms with E-state index in [0.717, 1.165) is 55.9 Å². The van der Waals surface area contributed by atoms with Gasteiger partial charge in [-0.1, -0.05) is 164 Å². The molecule has 10 rings (SSSR count). The minimum absolute atomic E-state index is 0.692. The summed E-state index contributed by atoms with van der Waals surface area (Å²) in [5.74, 6) is 0.692. The SMILES string of the molecule is c1cncc(-c2ccc(-c3ccc(-c4cc(-c5cc6ccccc6c6ccccc56)nc(-c5cccc(-c6cccc7ccccc67)c5)n4)cc3)cc2)c1. The Morgan fingerprint density at radius 2 is 0.870 bits per heavy atom. The van der Waals surface area contributed by atoms with Crippen LogP contribution in [-0.4, -0.2) is 15.0 Å². The van der Waals surface area contributed by atoms with E-state index in [4.69, 9.17) is 9.97 Å². The summed E-state index contributed by atoms with van der Waals surface area (Å²) in [4.78, 5) is 14.9. The van der Waals surface area contributed by atoms with Crippen molar-refractivity contribution in [1.29, 1.82) is 0 Å². The van der Waals surface area contributed by atoms with Crippen LogP contribution in [0.15, 0.2) is 200 Å². The fourth-order valence-electron chi connectivity index (χ4n) is 7.65. The van der Waals surface area contributed by atoms with Crippen molar-refractivity contribution in [2.24, 2.45) is 0 Å². The van der Waals surface area contributed by atoms with Crippen molar-refractivity contribution < 1.29 is 0 Å². The molecule has 0 aliphatic heterocycles. The summed E-state index contributed by atoms with van der Waals surface area (Å²) in [7, 11) is 0. The minimum atomic E-state index is 0.692. The highest BCUT2D eigenvalue weighted by Crippen LogP contribution is 2.38. The first-order valence-electron chi connectivity index (χ1n) is 18.2. The lowest BCUT2D eigenvalue weighted by Crippen LogP contribution is -1.97. The summed E-state index contributed by atoms with van der Waals surface area (Å²) >= 11 is 0. The molecule has 0 saturated carbocycles. The van der Waals surface area contributed by atoms with Gasteiger partial charge in [0.1, 0.15) is 0 Å². The molecule has 0 bridgehead atoms. The van der Waals surface area contributed by atoms with Gasteiger partial charge in [0.2, 0.25) is 0 Å². The topological polar surface area (TPSA) is 38.7 Å². The van der Waals surface area contributed by atoms with Gasteiger partial charge in [-0.15, -0.1) is 0 Å². The van der Waals surface area contributed by atoms with Crippen molar-refractivity contribution in [2.75, 3.05) is 0 Å². The zero-order chi connectivity index (χ0) is 35.8. The van der Waals surface area contributed by atoms with E-state index < -0.39 is 0 Å². The minimum Gasteiger partial charge on any atom is -0.264 e. The molecule has 0 atom stereocenters. The first-order chi connectivity index (χ1) is 26.7. The second-order valence-corrected chi connectivity index (χ2v) is 13.7. The molecule has 0 amide bonds. The molecule has 0 unspecified atom stereocenters. The van der Waals surface area contributed by atoms with E-state index in [-0.39, 0.29) is 0 Å². The molecule has 0 aliphatic carbocycles. The van der Waals surface area contributed by atoms with Gasteiger partial charge in [0, 0.05) is 29.1 Å². The molecule has 0 fully saturated rings. The van der Waals surface area contributed by atoms with Crippen LogP contribution in [-0.2, 0) is 0 Å². The lowest BCUT2D eigenvalue weighted by molar-refractivity contribution is 1.19. The van der Waals surface area contributed by atoms with Gasteiger partial charge in [0.25, 0.3) is 0 Å². The summed E-state index contributed by atoms with van der Waals surface area (Å²) in [6, 6.07) is 66.7. The molecule has 2 aromatic heterocycles. The molecular weight excluding hydrogens is 655 g/mol. The average Bonchev–Trinajstić information content (AvgIpc) is 3.26. The zero-order valence-corrected chi connectivity index (χ0v) is 29.4. The Bertz CT molecular complexity index is 2960. The smallest absolute Gasteiger partial charge is 0.160 e. The first kappa shape index (κ1) is 31.5. The van der Waals surface area contributed by atoms with Gasteiger partial charge >= 0.3 is 0 Å². The Labute approximate surface area is 313 Å². The van der Waals surface area contributed by atoms with Crippen molar-refractivity contribution in [1.82, 2.24) is 15.0 Å². The van der Waals surface area contributed by atoms with E-state index in [9.17, 15) is 0 Å². The third-order valence-corrected chi connectivity index (χ3v) is 10.4. The van der Waals surface area contributed by atoms with E-state index in [2.05, 4.69) is 187 Å². The van der Waals surface area contributed by atoms with Crippen molar-refractivity contribution in [3.63, 3.8) is 0 Å². The molecule has 54 heavy (non-hydrogen) atoms. The molecule has 0 spiro atoms. The number of aromatic nitrogens is 3. The zero-order valence-electron chi connectivity index (χ0n) is 29.4. The van der Waals surface area contributed by atoms with E-state index >= 15 is 0 Å². The van der Waals surface area contributed by atoms with Crippen LogP contribution in [0.2, 0.25) is 0 Å². The Morgan fingerprint density at radius 1 is 0.296 bits per heavy atom. The molecular formula is C51H33N3. The van der Waals surface area contributed by atoms with Crippen LogP contribution in [0.1, 0.15) is 0 Å². The summed E-state index contributed by atoms with van der Waals surface area (Å²) in [5, 5.41) is 7.24. The highest BCUT2D eigenvalue weighted by atomic mass is 14.9. The average molecular weight is 688 g/mol. The van der Waals surface area contributed by atoms with Gasteiger partial charge in [-0.05, 0) is 90.0 Å². The van der Waals surface area contributed by atoms with Crippen LogP contribution in [0.3, 0.4) is 0 Å². The second kappa shape index (κ2) is 13.4. The molecule has 3 heteroatoms. The number of nitrogens with zero attached hydrogens (tertiary/aromatic N) is 3. The number of fused-ring (bicyclic) bond motifs is 4. The Kier molecular flexibility index (Phi) is 7.81. The lowest BCUT2D eigenvalue weighted by Gasteiger charge is -2.14. The summed E-state index contributed by atoms with van der Waals surface area (Å²) in [6.45, 7) is 0. The Balaban J connectivity index is 1.11. The van der Waals surface area contributed by atoms with Gasteiger partial charge in [-0.3, -0.25) is 4.98 Å². The van der Waals surface area contributed by atoms with E-state index in [0.29, 0.717) is 5.82 Å². The van der Waals surface area contributed by atoms with Crippen LogP contribution in [0.4, 0.5) is 0 Å². The predicted molar refractivity (Wildman–Crippen MR) is 225 cm³/mol. The standard InChI is InChI=1S/C51H33N3/c1-3-16-43-37(10-1)12-8-20-44(43)39-13-7-14-41(30-39)51-53-49(32-50(54-51)48-31-40-11-2-4-17-45(40)46-18-5-6-19-47(46)48)38-27-25-35(26-28-38)34-21-23-36(24-22-34)42-15-9-29-52-33-42/h1-33H. The molecule has 0 saturated heterocycles. The largest absolute Gasteiger partial charge is 0.264 e. The van der Waals surface area contributed by atoms with Crippen molar-refractivity contribution in [3.05, 3.63) is 200 Å². The molecule has 0 N–H and O–H groups in total. The van der Waals surface area contributed by atoms with Crippen molar-refractivity contribution in [2.45, 2.75) is 0 Å². The third-order valence-electron chi connectivity index (χ3n) is 10.4. The van der Waals surface area contributed by atoms with Crippen LogP contribution in [0, 0.1) is 0 Å². The predicted octanol–water partition coefficient (Wildman–Crippen LogP) is 13.3. The normalized spacial score (nSPS) is 11.3. The van der Waals surface area contributed by atoms with Crippen LogP contribution in [0.25, 0.3) is 99.6 Å². The van der Waals surface area contributed by atoms with Gasteiger partial charge < -0.3 is 0 Å². The van der Waals surface area contributed by atoms with Crippen molar-refractivity contribution in [3.8, 4) is 67.3 Å². The molecule has 8 aromatic carbocycles. The van der Waals surface area contributed by atoms with E-state index in [1.165, 1.54) is 37.9 Å². The molecule has 2 heterocycles. The summed E-state index contributed by atoms with van der Waals surface area (Å²) < 4.78 is 0. The molecule has 252 valence electrons. The second-order valence-electron chi connectivity index (χ2n) is 13.7. The quantitative estimate of drug-likeness (QED) is 0.163. The highest BCUT2D eigenvalue weighted by Gasteiger charge is 2.16. The summed E-state index contributed by atoms with van der Waals surface area (Å²) in [5.41, 5.74) is 11.7. The monoisotopic (exact) mass is 687 g/mol. The van der Waals surface area contributed by atoms with Gasteiger partial charge in [0.15, 0.2) is 5.82 Å². The molecule has 10 aromatic rings. The van der Waals surface area contributed by atoms with Crippen LogP contribution in [0.5, 0.6) is 0 Å². The molecule has 0 radical (unpaired) electrons. The maximum absolute atomic E-state index is 5.34. The number of hydrogen-bond donors (Lipinski definition) is 0. The fourth-order valence-corrected chi connectivity index (χ4v) is 7.65.